The van der Waals surface area contributed by atoms with Gasteiger partial charge in [-0.1, -0.05) is 30.0 Å². The number of imidazole rings is 1. The summed E-state index contributed by atoms with van der Waals surface area (Å²) >= 11 is 1.40. The minimum atomic E-state index is -4.05. The molecule has 0 aliphatic heterocycles. The Balaban J connectivity index is 1.88. The lowest BCUT2D eigenvalue weighted by molar-refractivity contribution is 0.392. The predicted octanol–water partition coefficient (Wildman–Crippen LogP) is 3.85. The van der Waals surface area contributed by atoms with Crippen LogP contribution in [0.3, 0.4) is 0 Å². The van der Waals surface area contributed by atoms with Crippen LogP contribution in [-0.4, -0.2) is 31.8 Å². The fourth-order valence-corrected chi connectivity index (χ4v) is 5.76. The van der Waals surface area contributed by atoms with Crippen LogP contribution in [0.25, 0.3) is 11.0 Å². The van der Waals surface area contributed by atoms with Crippen molar-refractivity contribution in [1.82, 2.24) is 9.13 Å². The fraction of sp³-hybridized carbons (Fsp3) is 0.174. The molecule has 4 rings (SSSR count). The maximum absolute atomic E-state index is 13.4. The topological polar surface area (TPSA) is 91.6 Å². The highest BCUT2D eigenvalue weighted by molar-refractivity contribution is 7.99. The van der Waals surface area contributed by atoms with Crippen molar-refractivity contribution in [3.05, 3.63) is 71.1 Å². The minimum Gasteiger partial charge on any atom is -0.497 e. The van der Waals surface area contributed by atoms with Crippen LogP contribution < -0.4 is 19.9 Å². The molecule has 10 heteroatoms. The summed E-state index contributed by atoms with van der Waals surface area (Å²) in [5.41, 5.74) is 1.45. The summed E-state index contributed by atoms with van der Waals surface area (Å²) in [5, 5.41) is 0. The largest absolute Gasteiger partial charge is 0.497 e. The third-order valence-electron chi connectivity index (χ3n) is 5.25. The van der Waals surface area contributed by atoms with E-state index in [0.29, 0.717) is 27.4 Å². The lowest BCUT2D eigenvalue weighted by Crippen LogP contribution is -2.19. The number of nitrogens with one attached hydrogen (secondary N) is 1. The quantitative estimate of drug-likeness (QED) is 0.428. The van der Waals surface area contributed by atoms with Gasteiger partial charge in [0.05, 0.1) is 30.9 Å². The summed E-state index contributed by atoms with van der Waals surface area (Å²) in [4.78, 5) is 14.0. The van der Waals surface area contributed by atoms with E-state index in [0.717, 1.165) is 4.90 Å². The number of nitrogens with zero attached hydrogens (tertiary/aromatic N) is 2. The van der Waals surface area contributed by atoms with Crippen LogP contribution in [0.15, 0.2) is 80.1 Å². The van der Waals surface area contributed by atoms with Crippen molar-refractivity contribution in [3.8, 4) is 11.5 Å². The second-order valence-electron chi connectivity index (χ2n) is 7.28. The fourth-order valence-electron chi connectivity index (χ4n) is 3.50. The Labute approximate surface area is 195 Å². The lowest BCUT2D eigenvalue weighted by atomic mass is 10.3. The zero-order valence-electron chi connectivity index (χ0n) is 18.5. The second kappa shape index (κ2) is 8.87. The molecule has 0 amide bonds. The molecule has 0 atom stereocenters. The standard InChI is InChI=1S/C23H23N3O5S2/c1-25-18-13-17(24-33(28,29)22-12-15(30-3)10-11-20(22)31-4)21(14-19(18)26(2)23(25)27)32-16-8-6-5-7-9-16/h5-14,24H,1-4H3. The van der Waals surface area contributed by atoms with Gasteiger partial charge in [0.25, 0.3) is 10.0 Å². The lowest BCUT2D eigenvalue weighted by Gasteiger charge is -2.16. The van der Waals surface area contributed by atoms with Crippen molar-refractivity contribution in [2.24, 2.45) is 14.1 Å². The number of rotatable bonds is 7. The maximum Gasteiger partial charge on any atom is 0.328 e. The van der Waals surface area contributed by atoms with Crippen LogP contribution in [0.4, 0.5) is 5.69 Å². The number of hydrogen-bond donors (Lipinski definition) is 1. The number of fused-ring (bicyclic) bond motifs is 1. The van der Waals surface area contributed by atoms with Gasteiger partial charge in [-0.3, -0.25) is 13.9 Å². The van der Waals surface area contributed by atoms with E-state index in [4.69, 9.17) is 9.47 Å². The van der Waals surface area contributed by atoms with Crippen LogP contribution in [-0.2, 0) is 24.1 Å². The van der Waals surface area contributed by atoms with Gasteiger partial charge in [-0.2, -0.15) is 0 Å². The summed E-state index contributed by atoms with van der Waals surface area (Å²) in [5.74, 6) is 0.574. The molecule has 0 spiro atoms. The van der Waals surface area contributed by atoms with E-state index >= 15 is 0 Å². The summed E-state index contributed by atoms with van der Waals surface area (Å²) in [6.07, 6.45) is 0. The summed E-state index contributed by atoms with van der Waals surface area (Å²) < 4.78 is 43.0. The molecular weight excluding hydrogens is 462 g/mol. The summed E-state index contributed by atoms with van der Waals surface area (Å²) in [7, 11) is 2.16. The average Bonchev–Trinajstić information content (AvgIpc) is 3.02. The molecule has 1 N–H and O–H groups in total. The third kappa shape index (κ3) is 4.31. The monoisotopic (exact) mass is 485 g/mol. The van der Waals surface area contributed by atoms with Gasteiger partial charge in [0.15, 0.2) is 0 Å². The molecule has 172 valence electrons. The number of benzene rings is 3. The van der Waals surface area contributed by atoms with Gasteiger partial charge in [0.1, 0.15) is 16.4 Å². The van der Waals surface area contributed by atoms with Gasteiger partial charge in [-0.25, -0.2) is 13.2 Å². The molecule has 0 aliphatic rings. The van der Waals surface area contributed by atoms with Crippen molar-refractivity contribution in [3.63, 3.8) is 0 Å². The van der Waals surface area contributed by atoms with E-state index in [-0.39, 0.29) is 16.3 Å². The molecular formula is C23H23N3O5S2. The highest BCUT2D eigenvalue weighted by Crippen LogP contribution is 2.38. The van der Waals surface area contributed by atoms with E-state index < -0.39 is 10.0 Å². The van der Waals surface area contributed by atoms with E-state index in [9.17, 15) is 13.2 Å². The number of sulfonamides is 1. The normalized spacial score (nSPS) is 11.5. The number of aryl methyl sites for hydroxylation is 2. The second-order valence-corrected chi connectivity index (χ2v) is 10.0. The van der Waals surface area contributed by atoms with E-state index in [1.54, 1.807) is 26.2 Å². The Hall–Kier alpha value is -3.37. The Morgan fingerprint density at radius 2 is 1.55 bits per heavy atom. The first-order chi connectivity index (χ1) is 15.7. The molecule has 33 heavy (non-hydrogen) atoms. The number of aromatic nitrogens is 2. The van der Waals surface area contributed by atoms with Crippen LogP contribution in [0, 0.1) is 0 Å². The van der Waals surface area contributed by atoms with Gasteiger partial charge in [0, 0.05) is 30.0 Å². The van der Waals surface area contributed by atoms with E-state index in [2.05, 4.69) is 4.72 Å². The molecule has 0 aliphatic carbocycles. The molecule has 1 aromatic heterocycles. The first-order valence-corrected chi connectivity index (χ1v) is 12.2. The smallest absolute Gasteiger partial charge is 0.328 e. The first kappa shape index (κ1) is 22.8. The van der Waals surface area contributed by atoms with Crippen LogP contribution in [0.1, 0.15) is 0 Å². The Kier molecular flexibility index (Phi) is 6.13. The van der Waals surface area contributed by atoms with Gasteiger partial charge in [-0.05, 0) is 36.4 Å². The van der Waals surface area contributed by atoms with Crippen molar-refractivity contribution >= 4 is 38.5 Å². The zero-order chi connectivity index (χ0) is 23.8. The molecule has 8 nitrogen and oxygen atoms in total. The SMILES string of the molecule is COc1ccc(OC)c(S(=O)(=O)Nc2cc3c(cc2Sc2ccccc2)n(C)c(=O)n3C)c1. The zero-order valence-corrected chi connectivity index (χ0v) is 20.2. The summed E-state index contributed by atoms with van der Waals surface area (Å²) in [6, 6.07) is 17.6. The molecule has 4 aromatic rings. The van der Waals surface area contributed by atoms with Gasteiger partial charge in [0.2, 0.25) is 0 Å². The predicted molar refractivity (Wildman–Crippen MR) is 129 cm³/mol. The van der Waals surface area contributed by atoms with Gasteiger partial charge >= 0.3 is 5.69 Å². The average molecular weight is 486 g/mol. The Morgan fingerprint density at radius 1 is 0.879 bits per heavy atom. The molecule has 3 aromatic carbocycles. The van der Waals surface area contributed by atoms with Crippen molar-refractivity contribution in [2.75, 3.05) is 18.9 Å². The molecule has 0 unspecified atom stereocenters. The van der Waals surface area contributed by atoms with Gasteiger partial charge < -0.3 is 9.47 Å². The Morgan fingerprint density at radius 3 is 2.18 bits per heavy atom. The highest BCUT2D eigenvalue weighted by atomic mass is 32.2. The maximum atomic E-state index is 13.4. The molecule has 0 radical (unpaired) electrons. The Bertz CT molecular complexity index is 1490. The number of ether oxygens (including phenoxy) is 2. The first-order valence-electron chi connectivity index (χ1n) is 9.92. The number of methoxy groups -OCH3 is 2. The van der Waals surface area contributed by atoms with Crippen molar-refractivity contribution in [2.45, 2.75) is 14.7 Å². The van der Waals surface area contributed by atoms with E-state index in [1.165, 1.54) is 47.2 Å². The van der Waals surface area contributed by atoms with Crippen LogP contribution in [0.2, 0.25) is 0 Å². The molecule has 0 saturated heterocycles. The summed E-state index contributed by atoms with van der Waals surface area (Å²) in [6.45, 7) is 0. The third-order valence-corrected chi connectivity index (χ3v) is 7.70. The molecule has 0 fully saturated rings. The molecule has 0 bridgehead atoms. The molecule has 1 heterocycles. The van der Waals surface area contributed by atoms with Crippen LogP contribution in [0.5, 0.6) is 11.5 Å². The van der Waals surface area contributed by atoms with Crippen molar-refractivity contribution in [1.29, 1.82) is 0 Å². The van der Waals surface area contributed by atoms with Gasteiger partial charge in [-0.15, -0.1) is 0 Å². The van der Waals surface area contributed by atoms with E-state index in [1.807, 2.05) is 36.4 Å². The molecule has 0 saturated carbocycles. The highest BCUT2D eigenvalue weighted by Gasteiger charge is 2.23. The number of hydrogen-bond acceptors (Lipinski definition) is 6. The minimum absolute atomic E-state index is 0.0536. The van der Waals surface area contributed by atoms with Crippen molar-refractivity contribution < 1.29 is 17.9 Å². The number of anilines is 1. The van der Waals surface area contributed by atoms with Crippen LogP contribution >= 0.6 is 11.8 Å².